The van der Waals surface area contributed by atoms with Crippen molar-refractivity contribution >= 4 is 17.3 Å². The van der Waals surface area contributed by atoms with Crippen LogP contribution in [0.4, 0.5) is 0 Å². The number of hydrogen-bond acceptors (Lipinski definition) is 7. The minimum Gasteiger partial charge on any atom is -0.490 e. The Morgan fingerprint density at radius 3 is 2.44 bits per heavy atom. The first-order valence-corrected chi connectivity index (χ1v) is 11.9. The average molecular weight is 453 g/mol. The fourth-order valence-corrected chi connectivity index (χ4v) is 4.26. The van der Waals surface area contributed by atoms with Gasteiger partial charge in [-0.25, -0.2) is 9.78 Å². The Hall–Kier alpha value is -2.90. The molecule has 0 N–H and O–H groups in total. The van der Waals surface area contributed by atoms with E-state index in [0.29, 0.717) is 19.1 Å². The van der Waals surface area contributed by atoms with Gasteiger partial charge in [-0.2, -0.15) is 0 Å². The van der Waals surface area contributed by atoms with Crippen LogP contribution in [-0.4, -0.2) is 35.7 Å². The highest BCUT2D eigenvalue weighted by atomic mass is 32.1. The molecule has 1 aliphatic rings. The van der Waals surface area contributed by atoms with Gasteiger partial charge < -0.3 is 14.3 Å². The Balaban J connectivity index is 1.16. The van der Waals surface area contributed by atoms with E-state index in [0.717, 1.165) is 55.1 Å². The number of hydroxylamine groups is 2. The van der Waals surface area contributed by atoms with Crippen LogP contribution < -0.4 is 9.47 Å². The smallest absolute Gasteiger partial charge is 0.331 e. The normalized spacial score (nSPS) is 14.8. The highest BCUT2D eigenvalue weighted by molar-refractivity contribution is 7.07. The molecule has 0 spiro atoms. The summed E-state index contributed by atoms with van der Waals surface area (Å²) >= 11 is 1.48. The molecular formula is C25H28N2O4S. The molecule has 0 saturated carbocycles. The van der Waals surface area contributed by atoms with Crippen LogP contribution in [0.5, 0.6) is 11.5 Å². The summed E-state index contributed by atoms with van der Waals surface area (Å²) < 4.78 is 12.0. The molecule has 32 heavy (non-hydrogen) atoms. The van der Waals surface area contributed by atoms with E-state index in [4.69, 9.17) is 14.3 Å². The molecule has 0 unspecified atom stereocenters. The van der Waals surface area contributed by atoms with E-state index in [9.17, 15) is 4.79 Å². The number of thiazole rings is 1. The molecule has 0 amide bonds. The first-order chi connectivity index (χ1) is 15.8. The minimum absolute atomic E-state index is 0.225. The summed E-state index contributed by atoms with van der Waals surface area (Å²) in [6.45, 7) is 2.66. The molecule has 7 heteroatoms. The summed E-state index contributed by atoms with van der Waals surface area (Å²) in [7, 11) is 0. The van der Waals surface area contributed by atoms with Gasteiger partial charge in [-0.15, -0.1) is 16.4 Å². The highest BCUT2D eigenvalue weighted by Crippen LogP contribution is 2.28. The first kappa shape index (κ1) is 22.3. The van der Waals surface area contributed by atoms with Crippen LogP contribution >= 0.6 is 11.3 Å². The Kier molecular flexibility index (Phi) is 8.11. The van der Waals surface area contributed by atoms with Crippen molar-refractivity contribution in [2.24, 2.45) is 5.92 Å². The fraction of sp³-hybridized carbons (Fsp3) is 0.360. The van der Waals surface area contributed by atoms with Gasteiger partial charge in [-0.3, -0.25) is 0 Å². The Morgan fingerprint density at radius 2 is 1.72 bits per heavy atom. The van der Waals surface area contributed by atoms with Crippen molar-refractivity contribution in [2.45, 2.75) is 32.3 Å². The third-order valence-electron chi connectivity index (χ3n) is 5.48. The Bertz CT molecular complexity index is 957. The number of rotatable bonds is 10. The van der Waals surface area contributed by atoms with E-state index < -0.39 is 0 Å². The molecule has 2 aromatic carbocycles. The monoisotopic (exact) mass is 452 g/mol. The lowest BCUT2D eigenvalue weighted by Crippen LogP contribution is -2.36. The third kappa shape index (κ3) is 6.80. The van der Waals surface area contributed by atoms with Gasteiger partial charge in [0.15, 0.2) is 11.5 Å². The zero-order valence-electron chi connectivity index (χ0n) is 18.0. The Morgan fingerprint density at radius 1 is 1.00 bits per heavy atom. The predicted octanol–water partition coefficient (Wildman–Crippen LogP) is 4.90. The molecule has 0 aliphatic carbocycles. The van der Waals surface area contributed by atoms with Gasteiger partial charge in [0.05, 0.1) is 24.2 Å². The van der Waals surface area contributed by atoms with Crippen LogP contribution in [0.25, 0.3) is 0 Å². The molecule has 1 fully saturated rings. The van der Waals surface area contributed by atoms with Crippen LogP contribution in [0.15, 0.2) is 65.5 Å². The molecule has 0 bridgehead atoms. The lowest BCUT2D eigenvalue weighted by atomic mass is 9.95. The van der Waals surface area contributed by atoms with Crippen LogP contribution in [0.3, 0.4) is 0 Å². The van der Waals surface area contributed by atoms with Crippen LogP contribution in [0, 0.1) is 5.92 Å². The summed E-state index contributed by atoms with van der Waals surface area (Å²) in [4.78, 5) is 21.6. The first-order valence-electron chi connectivity index (χ1n) is 11.0. The minimum atomic E-state index is -0.246. The SMILES string of the molecule is O=C(Cc1cscn1)ON1CCC(CCOc2ccccc2OCc2ccccc2)CC1. The number of para-hydroxylation sites is 2. The molecule has 168 valence electrons. The number of carbonyl (C=O) groups excluding carboxylic acids is 1. The Labute approximate surface area is 192 Å². The number of piperidine rings is 1. The van der Waals surface area contributed by atoms with Crippen molar-refractivity contribution in [3.05, 3.63) is 76.7 Å². The molecule has 1 aliphatic heterocycles. The molecule has 0 atom stereocenters. The zero-order chi connectivity index (χ0) is 22.0. The number of carbonyl (C=O) groups is 1. The van der Waals surface area contributed by atoms with Crippen LogP contribution in [0.1, 0.15) is 30.5 Å². The van der Waals surface area contributed by atoms with Gasteiger partial charge in [-0.05, 0) is 42.9 Å². The quantitative estimate of drug-likeness (QED) is 0.436. The summed E-state index contributed by atoms with van der Waals surface area (Å²) in [6.07, 6.45) is 3.16. The van der Waals surface area contributed by atoms with Gasteiger partial charge in [0.25, 0.3) is 0 Å². The van der Waals surface area contributed by atoms with Gasteiger partial charge in [0, 0.05) is 18.5 Å². The summed E-state index contributed by atoms with van der Waals surface area (Å²) in [5.41, 5.74) is 3.62. The van der Waals surface area contributed by atoms with Gasteiger partial charge in [0.1, 0.15) is 6.61 Å². The maximum Gasteiger partial charge on any atom is 0.331 e. The number of hydrogen-bond donors (Lipinski definition) is 0. The largest absolute Gasteiger partial charge is 0.490 e. The van der Waals surface area contributed by atoms with Crippen molar-refractivity contribution in [1.82, 2.24) is 10.0 Å². The van der Waals surface area contributed by atoms with Gasteiger partial charge in [-0.1, -0.05) is 42.5 Å². The van der Waals surface area contributed by atoms with Crippen molar-refractivity contribution in [3.63, 3.8) is 0 Å². The van der Waals surface area contributed by atoms with E-state index in [1.807, 2.05) is 60.0 Å². The summed E-state index contributed by atoms with van der Waals surface area (Å²) in [6, 6.07) is 17.9. The maximum atomic E-state index is 12.0. The van der Waals surface area contributed by atoms with Crippen molar-refractivity contribution in [3.8, 4) is 11.5 Å². The highest BCUT2D eigenvalue weighted by Gasteiger charge is 2.22. The second-order valence-electron chi connectivity index (χ2n) is 7.85. The van der Waals surface area contributed by atoms with E-state index in [1.54, 1.807) is 10.6 Å². The molecule has 0 radical (unpaired) electrons. The van der Waals surface area contributed by atoms with Crippen molar-refractivity contribution in [2.75, 3.05) is 19.7 Å². The van der Waals surface area contributed by atoms with E-state index in [-0.39, 0.29) is 12.4 Å². The second-order valence-corrected chi connectivity index (χ2v) is 8.57. The van der Waals surface area contributed by atoms with Gasteiger partial charge in [0.2, 0.25) is 0 Å². The average Bonchev–Trinajstić information content (AvgIpc) is 3.33. The lowest BCUT2D eigenvalue weighted by molar-refractivity contribution is -0.196. The van der Waals surface area contributed by atoms with Crippen LogP contribution in [0.2, 0.25) is 0 Å². The lowest BCUT2D eigenvalue weighted by Gasteiger charge is -2.30. The van der Waals surface area contributed by atoms with E-state index >= 15 is 0 Å². The molecule has 4 rings (SSSR count). The summed E-state index contributed by atoms with van der Waals surface area (Å²) in [5, 5.41) is 3.65. The number of ether oxygens (including phenoxy) is 2. The molecule has 1 saturated heterocycles. The topological polar surface area (TPSA) is 60.9 Å². The van der Waals surface area contributed by atoms with Gasteiger partial charge >= 0.3 is 5.97 Å². The molecule has 6 nitrogen and oxygen atoms in total. The van der Waals surface area contributed by atoms with Crippen molar-refractivity contribution in [1.29, 1.82) is 0 Å². The maximum absolute atomic E-state index is 12.0. The number of nitrogens with zero attached hydrogens (tertiary/aromatic N) is 2. The predicted molar refractivity (Wildman–Crippen MR) is 124 cm³/mol. The van der Waals surface area contributed by atoms with E-state index in [2.05, 4.69) is 4.98 Å². The zero-order valence-corrected chi connectivity index (χ0v) is 18.8. The molecular weight excluding hydrogens is 424 g/mol. The molecule has 2 heterocycles. The fourth-order valence-electron chi connectivity index (χ4n) is 3.70. The number of aromatic nitrogens is 1. The third-order valence-corrected chi connectivity index (χ3v) is 6.12. The number of benzene rings is 2. The molecule has 1 aromatic heterocycles. The molecule has 3 aromatic rings. The van der Waals surface area contributed by atoms with Crippen molar-refractivity contribution < 1.29 is 19.1 Å². The summed E-state index contributed by atoms with van der Waals surface area (Å²) in [5.74, 6) is 1.85. The standard InChI is InChI=1S/C25H28N2O4S/c28-25(16-22-18-32-19-26-22)31-27-13-10-20(11-14-27)12-15-29-23-8-4-5-9-24(23)30-17-21-6-2-1-3-7-21/h1-9,18-20H,10-17H2. The second kappa shape index (κ2) is 11.6. The van der Waals surface area contributed by atoms with Crippen LogP contribution in [-0.2, 0) is 22.7 Å². The van der Waals surface area contributed by atoms with E-state index in [1.165, 1.54) is 11.3 Å².